The van der Waals surface area contributed by atoms with Crippen LogP contribution in [0.5, 0.6) is 0 Å². The molecule has 0 aliphatic heterocycles. The summed E-state index contributed by atoms with van der Waals surface area (Å²) in [4.78, 5) is 10.0. The molecule has 10 heavy (non-hydrogen) atoms. The molecule has 52 valence electrons. The summed E-state index contributed by atoms with van der Waals surface area (Å²) in [5.74, 6) is 0. The molecule has 0 bridgehead atoms. The van der Waals surface area contributed by atoms with Crippen LogP contribution in [0.1, 0.15) is 11.1 Å². The molecule has 0 saturated carbocycles. The smallest absolute Gasteiger partial charge is 0.108 e. The molecule has 0 heterocycles. The Balaban J connectivity index is 3.16. The SMILES string of the molecule is Cc1ccc(N=O)cc1C. The van der Waals surface area contributed by atoms with Gasteiger partial charge < -0.3 is 0 Å². The van der Waals surface area contributed by atoms with Crippen molar-refractivity contribution in [3.8, 4) is 0 Å². The van der Waals surface area contributed by atoms with Crippen molar-refractivity contribution in [1.29, 1.82) is 0 Å². The average molecular weight is 135 g/mol. The Hall–Kier alpha value is -1.18. The fourth-order valence-electron chi connectivity index (χ4n) is 0.782. The van der Waals surface area contributed by atoms with E-state index in [4.69, 9.17) is 0 Å². The van der Waals surface area contributed by atoms with Gasteiger partial charge in [0.2, 0.25) is 0 Å². The normalized spacial score (nSPS) is 9.40. The van der Waals surface area contributed by atoms with Crippen LogP contribution in [-0.2, 0) is 0 Å². The third-order valence-corrected chi connectivity index (χ3v) is 1.60. The minimum atomic E-state index is 0.503. The van der Waals surface area contributed by atoms with Gasteiger partial charge in [-0.2, -0.15) is 0 Å². The Labute approximate surface area is 59.9 Å². The van der Waals surface area contributed by atoms with E-state index in [1.165, 1.54) is 5.56 Å². The second-order valence-electron chi connectivity index (χ2n) is 2.36. The molecule has 1 aromatic rings. The Kier molecular flexibility index (Phi) is 1.81. The van der Waals surface area contributed by atoms with E-state index in [0.717, 1.165) is 5.56 Å². The predicted octanol–water partition coefficient (Wildman–Crippen LogP) is 2.70. The minimum absolute atomic E-state index is 0.503. The van der Waals surface area contributed by atoms with E-state index in [9.17, 15) is 4.91 Å². The number of hydrogen-bond acceptors (Lipinski definition) is 2. The highest BCUT2D eigenvalue weighted by atomic mass is 16.3. The van der Waals surface area contributed by atoms with Gasteiger partial charge >= 0.3 is 0 Å². The standard InChI is InChI=1S/C8H9NO/c1-6-3-4-8(9-10)5-7(6)2/h3-5H,1-2H3. The lowest BCUT2D eigenvalue weighted by Gasteiger charge is -1.96. The maximum absolute atomic E-state index is 10.0. The van der Waals surface area contributed by atoms with Gasteiger partial charge in [-0.1, -0.05) is 6.07 Å². The van der Waals surface area contributed by atoms with Crippen LogP contribution in [0.15, 0.2) is 23.4 Å². The zero-order chi connectivity index (χ0) is 7.56. The molecule has 0 saturated heterocycles. The van der Waals surface area contributed by atoms with Gasteiger partial charge in [-0.05, 0) is 42.3 Å². The molecule has 1 aromatic carbocycles. The first-order chi connectivity index (χ1) is 4.74. The zero-order valence-electron chi connectivity index (χ0n) is 6.09. The van der Waals surface area contributed by atoms with Gasteiger partial charge in [-0.25, -0.2) is 0 Å². The van der Waals surface area contributed by atoms with E-state index in [2.05, 4.69) is 5.18 Å². The van der Waals surface area contributed by atoms with Crippen LogP contribution in [0.25, 0.3) is 0 Å². The quantitative estimate of drug-likeness (QED) is 0.544. The Morgan fingerprint density at radius 2 is 1.90 bits per heavy atom. The van der Waals surface area contributed by atoms with E-state index in [1.807, 2.05) is 19.9 Å². The van der Waals surface area contributed by atoms with Crippen LogP contribution >= 0.6 is 0 Å². The molecule has 2 heteroatoms. The molecule has 0 unspecified atom stereocenters. The van der Waals surface area contributed by atoms with E-state index in [-0.39, 0.29) is 0 Å². The lowest BCUT2D eigenvalue weighted by Crippen LogP contribution is -1.76. The molecule has 0 fully saturated rings. The molecular formula is C8H9NO. The van der Waals surface area contributed by atoms with E-state index in [0.29, 0.717) is 5.69 Å². The van der Waals surface area contributed by atoms with Crippen LogP contribution in [0.4, 0.5) is 5.69 Å². The summed E-state index contributed by atoms with van der Waals surface area (Å²) in [7, 11) is 0. The highest BCUT2D eigenvalue weighted by molar-refractivity contribution is 5.42. The first-order valence-electron chi connectivity index (χ1n) is 3.14. The lowest BCUT2D eigenvalue weighted by atomic mass is 10.1. The summed E-state index contributed by atoms with van der Waals surface area (Å²) in [5, 5.41) is 2.82. The number of hydrogen-bond donors (Lipinski definition) is 0. The van der Waals surface area contributed by atoms with Crippen LogP contribution in [0.3, 0.4) is 0 Å². The molecule has 0 amide bonds. The maximum Gasteiger partial charge on any atom is 0.108 e. The molecule has 0 aromatic heterocycles. The van der Waals surface area contributed by atoms with Gasteiger partial charge in [0.25, 0.3) is 0 Å². The average Bonchev–Trinajstić information content (AvgIpc) is 1.95. The van der Waals surface area contributed by atoms with Crippen LogP contribution in [0, 0.1) is 18.8 Å². The van der Waals surface area contributed by atoms with Gasteiger partial charge in [-0.3, -0.25) is 0 Å². The predicted molar refractivity (Wildman–Crippen MR) is 41.4 cm³/mol. The largest absolute Gasteiger partial charge is 0.145 e. The zero-order valence-corrected chi connectivity index (χ0v) is 6.09. The van der Waals surface area contributed by atoms with Gasteiger partial charge in [0.15, 0.2) is 0 Å². The van der Waals surface area contributed by atoms with Crippen molar-refractivity contribution in [2.24, 2.45) is 5.18 Å². The number of nitroso groups, excluding NO2 is 1. The molecule has 0 N–H and O–H groups in total. The van der Waals surface area contributed by atoms with Gasteiger partial charge in [0.05, 0.1) is 0 Å². The number of rotatable bonds is 1. The summed E-state index contributed by atoms with van der Waals surface area (Å²) in [6, 6.07) is 5.39. The second-order valence-corrected chi connectivity index (χ2v) is 2.36. The molecular weight excluding hydrogens is 126 g/mol. The minimum Gasteiger partial charge on any atom is -0.145 e. The topological polar surface area (TPSA) is 29.4 Å². The summed E-state index contributed by atoms with van der Waals surface area (Å²) >= 11 is 0. The van der Waals surface area contributed by atoms with Crippen molar-refractivity contribution in [1.82, 2.24) is 0 Å². The summed E-state index contributed by atoms with van der Waals surface area (Å²) < 4.78 is 0. The fraction of sp³-hybridized carbons (Fsp3) is 0.250. The van der Waals surface area contributed by atoms with Crippen molar-refractivity contribution in [3.63, 3.8) is 0 Å². The highest BCUT2D eigenvalue weighted by Crippen LogP contribution is 2.15. The Morgan fingerprint density at radius 1 is 1.20 bits per heavy atom. The van der Waals surface area contributed by atoms with Crippen molar-refractivity contribution in [2.45, 2.75) is 13.8 Å². The monoisotopic (exact) mass is 135 g/mol. The van der Waals surface area contributed by atoms with Crippen LogP contribution in [0.2, 0.25) is 0 Å². The maximum atomic E-state index is 10.0. The first-order valence-corrected chi connectivity index (χ1v) is 3.14. The second kappa shape index (κ2) is 2.60. The van der Waals surface area contributed by atoms with Crippen molar-refractivity contribution in [2.75, 3.05) is 0 Å². The van der Waals surface area contributed by atoms with Crippen LogP contribution in [-0.4, -0.2) is 0 Å². The van der Waals surface area contributed by atoms with Crippen molar-refractivity contribution >= 4 is 5.69 Å². The van der Waals surface area contributed by atoms with Gasteiger partial charge in [0, 0.05) is 0 Å². The number of nitrogens with zero attached hydrogens (tertiary/aromatic N) is 1. The van der Waals surface area contributed by atoms with E-state index in [1.54, 1.807) is 12.1 Å². The van der Waals surface area contributed by atoms with E-state index >= 15 is 0 Å². The molecule has 0 atom stereocenters. The summed E-state index contributed by atoms with van der Waals surface area (Å²) in [6.45, 7) is 3.97. The van der Waals surface area contributed by atoms with Crippen LogP contribution < -0.4 is 0 Å². The molecule has 0 aliphatic carbocycles. The highest BCUT2D eigenvalue weighted by Gasteiger charge is 1.93. The third kappa shape index (κ3) is 1.21. The molecule has 0 aliphatic rings. The fourth-order valence-corrected chi connectivity index (χ4v) is 0.782. The first kappa shape index (κ1) is 6.93. The lowest BCUT2D eigenvalue weighted by molar-refractivity contribution is 1.32. The third-order valence-electron chi connectivity index (χ3n) is 1.60. The molecule has 0 spiro atoms. The number of aryl methyl sites for hydroxylation is 2. The van der Waals surface area contributed by atoms with Crippen molar-refractivity contribution < 1.29 is 0 Å². The Bertz CT molecular complexity index is 255. The molecule has 2 nitrogen and oxygen atoms in total. The van der Waals surface area contributed by atoms with E-state index < -0.39 is 0 Å². The Morgan fingerprint density at radius 3 is 2.40 bits per heavy atom. The molecule has 1 rings (SSSR count). The molecule has 0 radical (unpaired) electrons. The van der Waals surface area contributed by atoms with Gasteiger partial charge in [0.1, 0.15) is 5.69 Å². The summed E-state index contributed by atoms with van der Waals surface area (Å²) in [5.41, 5.74) is 2.80. The number of benzene rings is 1. The van der Waals surface area contributed by atoms with Crippen molar-refractivity contribution in [3.05, 3.63) is 34.2 Å². The summed E-state index contributed by atoms with van der Waals surface area (Å²) in [6.07, 6.45) is 0. The van der Waals surface area contributed by atoms with Gasteiger partial charge in [-0.15, -0.1) is 4.91 Å².